The second-order valence-corrected chi connectivity index (χ2v) is 5.33. The van der Waals surface area contributed by atoms with Gasteiger partial charge in [-0.25, -0.2) is 0 Å². The summed E-state index contributed by atoms with van der Waals surface area (Å²) < 4.78 is 0. The number of nitrogens with one attached hydrogen (secondary N) is 1. The quantitative estimate of drug-likeness (QED) is 0.745. The van der Waals surface area contributed by atoms with E-state index in [-0.39, 0.29) is 24.6 Å². The van der Waals surface area contributed by atoms with E-state index in [0.29, 0.717) is 11.1 Å². The first-order chi connectivity index (χ1) is 11.0. The minimum absolute atomic E-state index is 0.0329. The van der Waals surface area contributed by atoms with Crippen molar-refractivity contribution >= 4 is 28.3 Å². The summed E-state index contributed by atoms with van der Waals surface area (Å²) in [5.74, 6) is -0.737. The number of aliphatic hydroxyl groups is 1. The summed E-state index contributed by atoms with van der Waals surface area (Å²) in [6.45, 7) is 1.50. The highest BCUT2D eigenvalue weighted by Crippen LogP contribution is 2.33. The summed E-state index contributed by atoms with van der Waals surface area (Å²) in [5.41, 5.74) is 1.53. The second-order valence-electron chi connectivity index (χ2n) is 5.33. The molecule has 118 valence electrons. The Kier molecular flexibility index (Phi) is 3.75. The van der Waals surface area contributed by atoms with Crippen LogP contribution in [0.25, 0.3) is 10.8 Å². The van der Waals surface area contributed by atoms with Crippen LogP contribution in [0.5, 0.6) is 5.75 Å². The topological polar surface area (TPSA) is 89.9 Å². The maximum Gasteiger partial charge on any atom is 0.277 e. The summed E-state index contributed by atoms with van der Waals surface area (Å²) >= 11 is 0. The predicted octanol–water partition coefficient (Wildman–Crippen LogP) is 1.51. The smallest absolute Gasteiger partial charge is 0.277 e. The Morgan fingerprint density at radius 3 is 2.65 bits per heavy atom. The molecule has 0 fully saturated rings. The molecule has 6 heteroatoms. The van der Waals surface area contributed by atoms with Crippen molar-refractivity contribution in [3.63, 3.8) is 0 Å². The van der Waals surface area contributed by atoms with Crippen molar-refractivity contribution in [3.05, 3.63) is 47.7 Å². The average molecular weight is 312 g/mol. The third kappa shape index (κ3) is 2.53. The minimum Gasteiger partial charge on any atom is -0.507 e. The van der Waals surface area contributed by atoms with E-state index in [1.807, 2.05) is 13.0 Å². The fraction of sp³-hybridized carbons (Fsp3) is 0.176. The number of aryl methyl sites for hydroxylation is 1. The van der Waals surface area contributed by atoms with Gasteiger partial charge < -0.3 is 15.5 Å². The van der Waals surface area contributed by atoms with E-state index in [1.165, 1.54) is 6.08 Å². The van der Waals surface area contributed by atoms with Crippen molar-refractivity contribution in [1.29, 1.82) is 0 Å². The monoisotopic (exact) mass is 312 g/mol. The van der Waals surface area contributed by atoms with Crippen molar-refractivity contribution in [3.8, 4) is 5.75 Å². The normalized spacial score (nSPS) is 14.5. The second kappa shape index (κ2) is 5.73. The zero-order valence-corrected chi connectivity index (χ0v) is 12.5. The first kappa shape index (κ1) is 15.1. The number of phenolic OH excluding ortho intramolecular Hbond substituents is 1. The van der Waals surface area contributed by atoms with E-state index >= 15 is 0 Å². The van der Waals surface area contributed by atoms with Gasteiger partial charge in [0.25, 0.3) is 11.8 Å². The van der Waals surface area contributed by atoms with Crippen LogP contribution in [0.4, 0.5) is 5.69 Å². The van der Waals surface area contributed by atoms with Gasteiger partial charge in [-0.3, -0.25) is 14.5 Å². The highest BCUT2D eigenvalue weighted by atomic mass is 16.3. The third-order valence-corrected chi connectivity index (χ3v) is 3.84. The fourth-order valence-electron chi connectivity index (χ4n) is 2.61. The number of phenols is 1. The van der Waals surface area contributed by atoms with E-state index < -0.39 is 11.8 Å². The number of imide groups is 1. The number of β-amino-alcohol motifs (C(OH)–C–C–N with tert-alkyl or cyclic N) is 1. The largest absolute Gasteiger partial charge is 0.507 e. The van der Waals surface area contributed by atoms with Gasteiger partial charge in [0.1, 0.15) is 11.4 Å². The number of aromatic hydroxyl groups is 1. The van der Waals surface area contributed by atoms with Gasteiger partial charge in [0.15, 0.2) is 0 Å². The molecule has 1 heterocycles. The molecular weight excluding hydrogens is 296 g/mol. The third-order valence-electron chi connectivity index (χ3n) is 3.84. The molecular formula is C17H16N2O4. The number of carbonyl (C=O) groups is 2. The molecule has 3 rings (SSSR count). The van der Waals surface area contributed by atoms with E-state index in [2.05, 4.69) is 5.32 Å². The number of aliphatic hydroxyl groups excluding tert-OH is 1. The predicted molar refractivity (Wildman–Crippen MR) is 85.9 cm³/mol. The SMILES string of the molecule is Cc1ccc2c(NC3=CC(=O)N(CCO)C3=O)cccc2c1O. The van der Waals surface area contributed by atoms with Crippen molar-refractivity contribution in [2.75, 3.05) is 18.5 Å². The molecule has 2 amide bonds. The first-order valence-corrected chi connectivity index (χ1v) is 7.19. The molecule has 0 spiro atoms. The number of anilines is 1. The van der Waals surface area contributed by atoms with Gasteiger partial charge >= 0.3 is 0 Å². The van der Waals surface area contributed by atoms with Gasteiger partial charge in [-0.15, -0.1) is 0 Å². The average Bonchev–Trinajstić information content (AvgIpc) is 2.79. The number of hydrogen-bond acceptors (Lipinski definition) is 5. The van der Waals surface area contributed by atoms with Crippen LogP contribution in [0.2, 0.25) is 0 Å². The standard InChI is InChI=1S/C17H16N2O4/c1-10-5-6-11-12(16(10)22)3-2-4-13(11)18-14-9-15(21)19(7-8-20)17(14)23/h2-6,9,18,20,22H,7-8H2,1H3. The first-order valence-electron chi connectivity index (χ1n) is 7.19. The molecule has 0 aliphatic carbocycles. The Labute approximate surface area is 132 Å². The van der Waals surface area contributed by atoms with Crippen molar-refractivity contribution in [2.45, 2.75) is 6.92 Å². The van der Waals surface area contributed by atoms with E-state index in [0.717, 1.165) is 15.8 Å². The van der Waals surface area contributed by atoms with Crippen LogP contribution >= 0.6 is 0 Å². The molecule has 23 heavy (non-hydrogen) atoms. The zero-order chi connectivity index (χ0) is 16.6. The molecule has 6 nitrogen and oxygen atoms in total. The molecule has 1 aliphatic heterocycles. The van der Waals surface area contributed by atoms with Gasteiger partial charge in [-0.05, 0) is 18.6 Å². The highest BCUT2D eigenvalue weighted by Gasteiger charge is 2.30. The number of fused-ring (bicyclic) bond motifs is 1. The lowest BCUT2D eigenvalue weighted by molar-refractivity contribution is -0.137. The van der Waals surface area contributed by atoms with Gasteiger partial charge in [0.2, 0.25) is 0 Å². The highest BCUT2D eigenvalue weighted by molar-refractivity contribution is 6.18. The van der Waals surface area contributed by atoms with Gasteiger partial charge in [-0.2, -0.15) is 0 Å². The number of nitrogens with zero attached hydrogens (tertiary/aromatic N) is 1. The summed E-state index contributed by atoms with van der Waals surface area (Å²) in [6.07, 6.45) is 1.21. The lowest BCUT2D eigenvalue weighted by atomic mass is 10.0. The summed E-state index contributed by atoms with van der Waals surface area (Å²) in [7, 11) is 0. The van der Waals surface area contributed by atoms with Crippen molar-refractivity contribution < 1.29 is 19.8 Å². The Morgan fingerprint density at radius 2 is 1.91 bits per heavy atom. The Balaban J connectivity index is 1.97. The fourth-order valence-corrected chi connectivity index (χ4v) is 2.61. The molecule has 0 aromatic heterocycles. The minimum atomic E-state index is -0.475. The van der Waals surface area contributed by atoms with Crippen LogP contribution in [-0.2, 0) is 9.59 Å². The molecule has 1 aliphatic rings. The zero-order valence-electron chi connectivity index (χ0n) is 12.5. The maximum atomic E-state index is 12.2. The lowest BCUT2D eigenvalue weighted by Crippen LogP contribution is -2.34. The Hall–Kier alpha value is -2.86. The Bertz CT molecular complexity index is 842. The summed E-state index contributed by atoms with van der Waals surface area (Å²) in [4.78, 5) is 24.9. The number of carbonyl (C=O) groups excluding carboxylic acids is 2. The van der Waals surface area contributed by atoms with Gasteiger partial charge in [0.05, 0.1) is 13.2 Å². The molecule has 2 aromatic rings. The molecule has 0 atom stereocenters. The number of benzene rings is 2. The van der Waals surface area contributed by atoms with Crippen molar-refractivity contribution in [1.82, 2.24) is 4.90 Å². The molecule has 0 bridgehead atoms. The van der Waals surface area contributed by atoms with Crippen molar-refractivity contribution in [2.24, 2.45) is 0 Å². The number of amides is 2. The summed E-state index contributed by atoms with van der Waals surface area (Å²) in [5, 5.41) is 23.4. The number of hydrogen-bond donors (Lipinski definition) is 3. The number of rotatable bonds is 4. The van der Waals surface area contributed by atoms with Crippen LogP contribution in [-0.4, -0.2) is 40.1 Å². The lowest BCUT2D eigenvalue weighted by Gasteiger charge is -2.14. The van der Waals surface area contributed by atoms with Crippen LogP contribution < -0.4 is 5.32 Å². The van der Waals surface area contributed by atoms with E-state index in [1.54, 1.807) is 24.3 Å². The van der Waals surface area contributed by atoms with Crippen LogP contribution in [0.1, 0.15) is 5.56 Å². The van der Waals surface area contributed by atoms with Gasteiger partial charge in [0, 0.05) is 22.5 Å². The van der Waals surface area contributed by atoms with Crippen LogP contribution in [0.15, 0.2) is 42.1 Å². The molecule has 3 N–H and O–H groups in total. The maximum absolute atomic E-state index is 12.2. The molecule has 0 saturated carbocycles. The van der Waals surface area contributed by atoms with Crippen LogP contribution in [0, 0.1) is 6.92 Å². The van der Waals surface area contributed by atoms with E-state index in [4.69, 9.17) is 5.11 Å². The van der Waals surface area contributed by atoms with Gasteiger partial charge in [-0.1, -0.05) is 24.3 Å². The van der Waals surface area contributed by atoms with E-state index in [9.17, 15) is 14.7 Å². The molecule has 0 radical (unpaired) electrons. The molecule has 0 saturated heterocycles. The molecule has 2 aromatic carbocycles. The molecule has 0 unspecified atom stereocenters. The summed E-state index contributed by atoms with van der Waals surface area (Å²) in [6, 6.07) is 8.95. The Morgan fingerprint density at radius 1 is 1.13 bits per heavy atom. The van der Waals surface area contributed by atoms with Crippen LogP contribution in [0.3, 0.4) is 0 Å².